The maximum atomic E-state index is 12.5. The molecule has 2 heteroatoms. The molecule has 0 saturated heterocycles. The molecule has 1 aliphatic heterocycles. The Bertz CT molecular complexity index is 622. The van der Waals surface area contributed by atoms with Crippen molar-refractivity contribution in [2.45, 2.75) is 19.3 Å². The summed E-state index contributed by atoms with van der Waals surface area (Å²) in [7, 11) is 1.86. The van der Waals surface area contributed by atoms with Gasteiger partial charge in [-0.25, -0.2) is 0 Å². The van der Waals surface area contributed by atoms with E-state index in [9.17, 15) is 4.79 Å². The van der Waals surface area contributed by atoms with E-state index in [-0.39, 0.29) is 11.8 Å². The summed E-state index contributed by atoms with van der Waals surface area (Å²) in [6.07, 6.45) is 9.34. The predicted molar refractivity (Wildman–Crippen MR) is 77.4 cm³/mol. The second kappa shape index (κ2) is 4.54. The number of fused-ring (bicyclic) bond motifs is 2. The third-order valence-corrected chi connectivity index (χ3v) is 3.89. The standard InChI is InChI=1S/C17H17NO/c1-12-13-8-6-7-9-14(13)15-10-4-3-5-11-16(15)18(2)17(12)19/h4-12H,3H2,1-2H3. The first-order valence-electron chi connectivity index (χ1n) is 6.64. The number of allylic oxidation sites excluding steroid dienone is 5. The molecular formula is C17H17NO. The van der Waals surface area contributed by atoms with E-state index in [1.54, 1.807) is 4.90 Å². The lowest BCUT2D eigenvalue weighted by molar-refractivity contribution is -0.129. The summed E-state index contributed by atoms with van der Waals surface area (Å²) in [6.45, 7) is 1.98. The Hall–Kier alpha value is -2.09. The molecule has 0 spiro atoms. The highest BCUT2D eigenvalue weighted by Crippen LogP contribution is 2.36. The van der Waals surface area contributed by atoms with Crippen molar-refractivity contribution in [1.82, 2.24) is 4.90 Å². The van der Waals surface area contributed by atoms with Crippen molar-refractivity contribution < 1.29 is 4.79 Å². The molecule has 0 radical (unpaired) electrons. The quantitative estimate of drug-likeness (QED) is 0.691. The van der Waals surface area contributed by atoms with Gasteiger partial charge >= 0.3 is 0 Å². The van der Waals surface area contributed by atoms with Gasteiger partial charge < -0.3 is 4.90 Å². The lowest BCUT2D eigenvalue weighted by atomic mass is 9.92. The van der Waals surface area contributed by atoms with Crippen LogP contribution in [0.3, 0.4) is 0 Å². The van der Waals surface area contributed by atoms with E-state index >= 15 is 0 Å². The van der Waals surface area contributed by atoms with Gasteiger partial charge in [-0.15, -0.1) is 0 Å². The van der Waals surface area contributed by atoms with E-state index in [0.29, 0.717) is 0 Å². The van der Waals surface area contributed by atoms with Crippen molar-refractivity contribution in [3.8, 4) is 0 Å². The summed E-state index contributed by atoms with van der Waals surface area (Å²) >= 11 is 0. The first-order chi connectivity index (χ1) is 9.20. The van der Waals surface area contributed by atoms with E-state index in [1.165, 1.54) is 5.56 Å². The molecule has 19 heavy (non-hydrogen) atoms. The van der Waals surface area contributed by atoms with E-state index in [4.69, 9.17) is 0 Å². The molecular weight excluding hydrogens is 234 g/mol. The van der Waals surface area contributed by atoms with Gasteiger partial charge in [0.25, 0.3) is 0 Å². The number of benzene rings is 1. The van der Waals surface area contributed by atoms with Gasteiger partial charge in [0.1, 0.15) is 0 Å². The summed E-state index contributed by atoms with van der Waals surface area (Å²) in [5.74, 6) is 0.0485. The first-order valence-corrected chi connectivity index (χ1v) is 6.64. The summed E-state index contributed by atoms with van der Waals surface area (Å²) < 4.78 is 0. The Labute approximate surface area is 113 Å². The second-order valence-corrected chi connectivity index (χ2v) is 5.05. The molecule has 1 unspecified atom stereocenters. The summed E-state index contributed by atoms with van der Waals surface area (Å²) in [5.41, 5.74) is 4.43. The lowest BCUT2D eigenvalue weighted by Crippen LogP contribution is -2.28. The number of hydrogen-bond donors (Lipinski definition) is 0. The van der Waals surface area contributed by atoms with Crippen LogP contribution in [0.1, 0.15) is 30.4 Å². The van der Waals surface area contributed by atoms with Crippen LogP contribution >= 0.6 is 0 Å². The van der Waals surface area contributed by atoms with E-state index in [1.807, 2.05) is 26.1 Å². The maximum absolute atomic E-state index is 12.5. The van der Waals surface area contributed by atoms with Crippen molar-refractivity contribution in [3.63, 3.8) is 0 Å². The number of carbonyl (C=O) groups is 1. The van der Waals surface area contributed by atoms with Gasteiger partial charge in [-0.2, -0.15) is 0 Å². The van der Waals surface area contributed by atoms with E-state index in [2.05, 4.69) is 36.4 Å². The fourth-order valence-electron chi connectivity index (χ4n) is 2.80. The first kappa shape index (κ1) is 12.0. The molecule has 1 atom stereocenters. The Morgan fingerprint density at radius 3 is 2.74 bits per heavy atom. The molecule has 1 aromatic carbocycles. The minimum atomic E-state index is -0.102. The largest absolute Gasteiger partial charge is 0.314 e. The Morgan fingerprint density at radius 2 is 1.89 bits per heavy atom. The number of hydrogen-bond acceptors (Lipinski definition) is 1. The number of nitrogens with zero attached hydrogens (tertiary/aromatic N) is 1. The van der Waals surface area contributed by atoms with Gasteiger partial charge in [0.15, 0.2) is 0 Å². The predicted octanol–water partition coefficient (Wildman–Crippen LogP) is 3.49. The summed E-state index contributed by atoms with van der Waals surface area (Å²) in [5, 5.41) is 0. The normalized spacial score (nSPS) is 21.9. The Morgan fingerprint density at radius 1 is 1.16 bits per heavy atom. The molecule has 3 rings (SSSR count). The Kier molecular flexibility index (Phi) is 2.86. The van der Waals surface area contributed by atoms with Crippen LogP contribution in [0, 0.1) is 0 Å². The summed E-state index contributed by atoms with van der Waals surface area (Å²) in [4.78, 5) is 14.3. The van der Waals surface area contributed by atoms with Crippen molar-refractivity contribution in [3.05, 3.63) is 65.4 Å². The second-order valence-electron chi connectivity index (χ2n) is 5.05. The monoisotopic (exact) mass is 251 g/mol. The van der Waals surface area contributed by atoms with Crippen molar-refractivity contribution in [2.75, 3.05) is 7.05 Å². The van der Waals surface area contributed by atoms with Gasteiger partial charge in [-0.05, 0) is 30.5 Å². The van der Waals surface area contributed by atoms with Crippen LogP contribution in [-0.4, -0.2) is 17.9 Å². The van der Waals surface area contributed by atoms with Crippen molar-refractivity contribution >= 4 is 11.5 Å². The smallest absolute Gasteiger partial charge is 0.234 e. The van der Waals surface area contributed by atoms with Crippen molar-refractivity contribution in [2.24, 2.45) is 0 Å². The highest BCUT2D eigenvalue weighted by Gasteiger charge is 2.29. The number of carbonyl (C=O) groups excluding carboxylic acids is 1. The fraction of sp³-hybridized carbons (Fsp3) is 0.235. The number of amides is 1. The molecule has 96 valence electrons. The fourth-order valence-corrected chi connectivity index (χ4v) is 2.80. The van der Waals surface area contributed by atoms with Crippen molar-refractivity contribution in [1.29, 1.82) is 0 Å². The van der Waals surface area contributed by atoms with Gasteiger partial charge in [0.2, 0.25) is 5.91 Å². The highest BCUT2D eigenvalue weighted by atomic mass is 16.2. The Balaban J connectivity index is 2.32. The third kappa shape index (κ3) is 1.84. The number of likely N-dealkylation sites (N-methyl/N-ethyl adjacent to an activating group) is 1. The minimum absolute atomic E-state index is 0.102. The SMILES string of the molecule is CC1C(=O)N(C)C2=C(C=CCC=C2)c2ccccc21. The molecule has 1 heterocycles. The topological polar surface area (TPSA) is 20.3 Å². The number of rotatable bonds is 0. The van der Waals surface area contributed by atoms with Crippen LogP contribution in [0.5, 0.6) is 0 Å². The zero-order valence-electron chi connectivity index (χ0n) is 11.3. The minimum Gasteiger partial charge on any atom is -0.314 e. The van der Waals surface area contributed by atoms with Crippen LogP contribution in [-0.2, 0) is 4.79 Å². The van der Waals surface area contributed by atoms with E-state index in [0.717, 1.165) is 23.3 Å². The van der Waals surface area contributed by atoms with Crippen LogP contribution in [0.25, 0.3) is 5.57 Å². The van der Waals surface area contributed by atoms with Crippen LogP contribution in [0.15, 0.2) is 54.3 Å². The zero-order chi connectivity index (χ0) is 13.4. The average Bonchev–Trinajstić information content (AvgIpc) is 2.72. The molecule has 1 aromatic rings. The molecule has 0 N–H and O–H groups in total. The molecule has 1 aliphatic carbocycles. The molecule has 0 bridgehead atoms. The molecule has 2 aliphatic rings. The highest BCUT2D eigenvalue weighted by molar-refractivity contribution is 5.94. The van der Waals surface area contributed by atoms with Crippen LogP contribution in [0.2, 0.25) is 0 Å². The van der Waals surface area contributed by atoms with Gasteiger partial charge in [0, 0.05) is 12.6 Å². The lowest BCUT2D eigenvalue weighted by Gasteiger charge is -2.20. The van der Waals surface area contributed by atoms with Gasteiger partial charge in [0.05, 0.1) is 11.6 Å². The van der Waals surface area contributed by atoms with Crippen LogP contribution in [0.4, 0.5) is 0 Å². The molecule has 2 nitrogen and oxygen atoms in total. The molecule has 1 amide bonds. The zero-order valence-corrected chi connectivity index (χ0v) is 11.3. The van der Waals surface area contributed by atoms with Crippen LogP contribution < -0.4 is 0 Å². The third-order valence-electron chi connectivity index (χ3n) is 3.89. The molecule has 0 aromatic heterocycles. The maximum Gasteiger partial charge on any atom is 0.234 e. The van der Waals surface area contributed by atoms with Gasteiger partial charge in [-0.3, -0.25) is 4.79 Å². The van der Waals surface area contributed by atoms with E-state index < -0.39 is 0 Å². The summed E-state index contributed by atoms with van der Waals surface area (Å²) in [6, 6.07) is 8.21. The molecule has 0 fully saturated rings. The average molecular weight is 251 g/mol. The molecule has 0 saturated carbocycles. The van der Waals surface area contributed by atoms with Gasteiger partial charge in [-0.1, -0.05) is 42.5 Å².